The Balaban J connectivity index is 2.80. The molecular formula is C12H21N3O3. The third kappa shape index (κ3) is 3.53. The highest BCUT2D eigenvalue weighted by molar-refractivity contribution is 5.86. The molecule has 0 amide bonds. The van der Waals surface area contributed by atoms with Gasteiger partial charge in [0.2, 0.25) is 0 Å². The molecule has 0 aromatic carbocycles. The van der Waals surface area contributed by atoms with Gasteiger partial charge in [0.15, 0.2) is 5.69 Å². The SMILES string of the molecule is CCCCCCn1nnc(C(=O)O)c1C(C)OC. The van der Waals surface area contributed by atoms with Gasteiger partial charge >= 0.3 is 5.97 Å². The number of aromatic carboxylic acids is 1. The molecule has 1 rings (SSSR count). The Labute approximate surface area is 107 Å². The van der Waals surface area contributed by atoms with Crippen LogP contribution in [0.2, 0.25) is 0 Å². The Morgan fingerprint density at radius 3 is 2.72 bits per heavy atom. The molecule has 0 spiro atoms. The van der Waals surface area contributed by atoms with E-state index in [0.29, 0.717) is 12.2 Å². The summed E-state index contributed by atoms with van der Waals surface area (Å²) < 4.78 is 6.84. The number of hydrogen-bond donors (Lipinski definition) is 1. The Morgan fingerprint density at radius 1 is 1.44 bits per heavy atom. The molecule has 102 valence electrons. The summed E-state index contributed by atoms with van der Waals surface area (Å²) in [7, 11) is 1.55. The van der Waals surface area contributed by atoms with Crippen molar-refractivity contribution in [1.29, 1.82) is 0 Å². The van der Waals surface area contributed by atoms with E-state index in [1.54, 1.807) is 18.7 Å². The lowest BCUT2D eigenvalue weighted by Gasteiger charge is -2.12. The number of carbonyl (C=O) groups is 1. The minimum Gasteiger partial charge on any atom is -0.476 e. The van der Waals surface area contributed by atoms with Crippen LogP contribution in [0.3, 0.4) is 0 Å². The monoisotopic (exact) mass is 255 g/mol. The van der Waals surface area contributed by atoms with Crippen LogP contribution >= 0.6 is 0 Å². The predicted octanol–water partition coefficient (Wildman–Crippen LogP) is 2.26. The number of carboxylic acid groups (broad SMARTS) is 1. The molecule has 0 saturated heterocycles. The second-order valence-electron chi connectivity index (χ2n) is 4.29. The van der Waals surface area contributed by atoms with E-state index >= 15 is 0 Å². The van der Waals surface area contributed by atoms with Gasteiger partial charge in [-0.3, -0.25) is 0 Å². The fraction of sp³-hybridized carbons (Fsp3) is 0.750. The van der Waals surface area contributed by atoms with Gasteiger partial charge in [-0.2, -0.15) is 0 Å². The second kappa shape index (κ2) is 7.10. The lowest BCUT2D eigenvalue weighted by atomic mass is 10.2. The summed E-state index contributed by atoms with van der Waals surface area (Å²) in [6, 6.07) is 0. The molecule has 0 aliphatic heterocycles. The largest absolute Gasteiger partial charge is 0.476 e. The average molecular weight is 255 g/mol. The van der Waals surface area contributed by atoms with Gasteiger partial charge in [-0.15, -0.1) is 5.10 Å². The average Bonchev–Trinajstić information content (AvgIpc) is 2.77. The molecular weight excluding hydrogens is 234 g/mol. The highest BCUT2D eigenvalue weighted by Crippen LogP contribution is 2.19. The van der Waals surface area contributed by atoms with Gasteiger partial charge in [0, 0.05) is 13.7 Å². The summed E-state index contributed by atoms with van der Waals surface area (Å²) in [6.45, 7) is 4.63. The number of aromatic nitrogens is 3. The number of unbranched alkanes of at least 4 members (excludes halogenated alkanes) is 3. The van der Waals surface area contributed by atoms with Crippen molar-refractivity contribution in [3.8, 4) is 0 Å². The molecule has 0 bridgehead atoms. The summed E-state index contributed by atoms with van der Waals surface area (Å²) in [5, 5.41) is 16.7. The summed E-state index contributed by atoms with van der Waals surface area (Å²) in [5.41, 5.74) is 0.529. The van der Waals surface area contributed by atoms with Gasteiger partial charge in [0.05, 0.1) is 6.10 Å². The van der Waals surface area contributed by atoms with Crippen molar-refractivity contribution in [1.82, 2.24) is 15.0 Å². The van der Waals surface area contributed by atoms with Gasteiger partial charge < -0.3 is 9.84 Å². The summed E-state index contributed by atoms with van der Waals surface area (Å²) >= 11 is 0. The highest BCUT2D eigenvalue weighted by atomic mass is 16.5. The van der Waals surface area contributed by atoms with Gasteiger partial charge in [-0.05, 0) is 13.3 Å². The number of carboxylic acids is 1. The molecule has 1 N–H and O–H groups in total. The van der Waals surface area contributed by atoms with Crippen LogP contribution in [-0.2, 0) is 11.3 Å². The first-order chi connectivity index (χ1) is 8.61. The molecule has 0 aliphatic carbocycles. The van der Waals surface area contributed by atoms with E-state index < -0.39 is 5.97 Å². The van der Waals surface area contributed by atoms with Crippen LogP contribution in [0.4, 0.5) is 0 Å². The number of aryl methyl sites for hydroxylation is 1. The van der Waals surface area contributed by atoms with E-state index in [4.69, 9.17) is 9.84 Å². The van der Waals surface area contributed by atoms with Crippen molar-refractivity contribution in [3.63, 3.8) is 0 Å². The van der Waals surface area contributed by atoms with E-state index in [1.807, 2.05) is 0 Å². The van der Waals surface area contributed by atoms with Crippen LogP contribution in [0.1, 0.15) is 61.8 Å². The predicted molar refractivity (Wildman–Crippen MR) is 66.5 cm³/mol. The Bertz CT molecular complexity index is 390. The van der Waals surface area contributed by atoms with Crippen LogP contribution < -0.4 is 0 Å². The summed E-state index contributed by atoms with van der Waals surface area (Å²) in [6.07, 6.45) is 4.10. The molecule has 1 unspecified atom stereocenters. The molecule has 1 heterocycles. The van der Waals surface area contributed by atoms with Gasteiger partial charge in [-0.25, -0.2) is 9.48 Å². The van der Waals surface area contributed by atoms with Crippen LogP contribution in [0.15, 0.2) is 0 Å². The minimum atomic E-state index is -1.06. The number of hydrogen-bond acceptors (Lipinski definition) is 4. The fourth-order valence-corrected chi connectivity index (χ4v) is 1.84. The number of nitrogens with zero attached hydrogens (tertiary/aromatic N) is 3. The van der Waals surface area contributed by atoms with E-state index in [0.717, 1.165) is 12.8 Å². The van der Waals surface area contributed by atoms with Crippen LogP contribution in [-0.4, -0.2) is 33.2 Å². The molecule has 0 aliphatic rings. The standard InChI is InChI=1S/C12H21N3O3/c1-4-5-6-7-8-15-11(9(2)18-3)10(12(16)17)13-14-15/h9H,4-8H2,1-3H3,(H,16,17). The second-order valence-corrected chi connectivity index (χ2v) is 4.29. The molecule has 6 heteroatoms. The van der Waals surface area contributed by atoms with E-state index in [2.05, 4.69) is 17.2 Å². The third-order valence-electron chi connectivity index (χ3n) is 2.94. The zero-order chi connectivity index (χ0) is 13.5. The molecule has 18 heavy (non-hydrogen) atoms. The van der Waals surface area contributed by atoms with Crippen LogP contribution in [0.25, 0.3) is 0 Å². The molecule has 1 aromatic rings. The Hall–Kier alpha value is -1.43. The van der Waals surface area contributed by atoms with Gasteiger partial charge in [0.1, 0.15) is 5.69 Å². The fourth-order valence-electron chi connectivity index (χ4n) is 1.84. The smallest absolute Gasteiger partial charge is 0.358 e. The molecule has 0 saturated carbocycles. The van der Waals surface area contributed by atoms with Crippen LogP contribution in [0.5, 0.6) is 0 Å². The van der Waals surface area contributed by atoms with Crippen molar-refractivity contribution in [2.24, 2.45) is 0 Å². The topological polar surface area (TPSA) is 77.2 Å². The normalized spacial score (nSPS) is 12.6. The number of ether oxygens (including phenoxy) is 1. The number of methoxy groups -OCH3 is 1. The third-order valence-corrected chi connectivity index (χ3v) is 2.94. The lowest BCUT2D eigenvalue weighted by Crippen LogP contribution is -2.12. The zero-order valence-electron chi connectivity index (χ0n) is 11.2. The van der Waals surface area contributed by atoms with Crippen molar-refractivity contribution >= 4 is 5.97 Å². The molecule has 0 fully saturated rings. The first kappa shape index (κ1) is 14.6. The molecule has 1 aromatic heterocycles. The summed E-state index contributed by atoms with van der Waals surface area (Å²) in [5.74, 6) is -1.06. The zero-order valence-corrected chi connectivity index (χ0v) is 11.2. The maximum atomic E-state index is 11.1. The first-order valence-electron chi connectivity index (χ1n) is 6.31. The maximum Gasteiger partial charge on any atom is 0.358 e. The van der Waals surface area contributed by atoms with E-state index in [-0.39, 0.29) is 11.8 Å². The Morgan fingerprint density at radius 2 is 2.17 bits per heavy atom. The molecule has 1 atom stereocenters. The van der Waals surface area contributed by atoms with Crippen molar-refractivity contribution in [3.05, 3.63) is 11.4 Å². The Kier molecular flexibility index (Phi) is 5.77. The van der Waals surface area contributed by atoms with Crippen molar-refractivity contribution in [2.75, 3.05) is 7.11 Å². The highest BCUT2D eigenvalue weighted by Gasteiger charge is 2.23. The lowest BCUT2D eigenvalue weighted by molar-refractivity contribution is 0.0673. The molecule has 6 nitrogen and oxygen atoms in total. The van der Waals surface area contributed by atoms with E-state index in [9.17, 15) is 4.79 Å². The van der Waals surface area contributed by atoms with Gasteiger partial charge in [-0.1, -0.05) is 31.4 Å². The quantitative estimate of drug-likeness (QED) is 0.721. The maximum absolute atomic E-state index is 11.1. The van der Waals surface area contributed by atoms with Gasteiger partial charge in [0.25, 0.3) is 0 Å². The number of rotatable bonds is 8. The minimum absolute atomic E-state index is 0.0140. The molecule has 0 radical (unpaired) electrons. The van der Waals surface area contributed by atoms with Crippen molar-refractivity contribution in [2.45, 2.75) is 52.2 Å². The van der Waals surface area contributed by atoms with Crippen LogP contribution in [0, 0.1) is 0 Å². The van der Waals surface area contributed by atoms with Crippen molar-refractivity contribution < 1.29 is 14.6 Å². The first-order valence-corrected chi connectivity index (χ1v) is 6.31. The van der Waals surface area contributed by atoms with E-state index in [1.165, 1.54) is 12.8 Å². The summed E-state index contributed by atoms with van der Waals surface area (Å²) in [4.78, 5) is 11.1.